The summed E-state index contributed by atoms with van der Waals surface area (Å²) in [6.07, 6.45) is 2.93. The quantitative estimate of drug-likeness (QED) is 0.870. The van der Waals surface area contributed by atoms with Crippen LogP contribution in [0.2, 0.25) is 0 Å². The third-order valence-electron chi connectivity index (χ3n) is 4.20. The van der Waals surface area contributed by atoms with E-state index < -0.39 is 10.0 Å². The van der Waals surface area contributed by atoms with Crippen molar-refractivity contribution in [1.29, 1.82) is 0 Å². The summed E-state index contributed by atoms with van der Waals surface area (Å²) in [7, 11) is -1.82. The Hall–Kier alpha value is -1.11. The second kappa shape index (κ2) is 6.77. The third-order valence-corrected chi connectivity index (χ3v) is 6.10. The molecule has 1 aliphatic carbocycles. The molecular weight excluding hydrogens is 288 g/mol. The summed E-state index contributed by atoms with van der Waals surface area (Å²) < 4.78 is 32.2. The SMILES string of the molecule is CCOc1ccc(S(=O)(=O)N(C)C2CCCC2CN)cc1. The molecule has 0 bridgehead atoms. The molecule has 2 atom stereocenters. The second-order valence-electron chi connectivity index (χ2n) is 5.42. The Morgan fingerprint density at radius 3 is 2.52 bits per heavy atom. The van der Waals surface area contributed by atoms with E-state index in [9.17, 15) is 8.42 Å². The summed E-state index contributed by atoms with van der Waals surface area (Å²) in [6, 6.07) is 6.59. The van der Waals surface area contributed by atoms with Gasteiger partial charge in [-0.2, -0.15) is 4.31 Å². The van der Waals surface area contributed by atoms with Gasteiger partial charge in [-0.25, -0.2) is 8.42 Å². The van der Waals surface area contributed by atoms with Gasteiger partial charge < -0.3 is 10.5 Å². The van der Waals surface area contributed by atoms with Crippen molar-refractivity contribution in [3.05, 3.63) is 24.3 Å². The molecule has 1 fully saturated rings. The molecule has 2 rings (SSSR count). The first-order valence-electron chi connectivity index (χ1n) is 7.41. The van der Waals surface area contributed by atoms with Gasteiger partial charge in [-0.15, -0.1) is 0 Å². The Kier molecular flexibility index (Phi) is 5.24. The average molecular weight is 312 g/mol. The number of hydrogen-bond acceptors (Lipinski definition) is 4. The minimum Gasteiger partial charge on any atom is -0.494 e. The van der Waals surface area contributed by atoms with Gasteiger partial charge in [0.25, 0.3) is 0 Å². The Morgan fingerprint density at radius 1 is 1.29 bits per heavy atom. The molecular formula is C15H24N2O3S. The van der Waals surface area contributed by atoms with E-state index >= 15 is 0 Å². The van der Waals surface area contributed by atoms with Crippen molar-refractivity contribution >= 4 is 10.0 Å². The Bertz CT molecular complexity index is 557. The molecule has 6 heteroatoms. The van der Waals surface area contributed by atoms with Gasteiger partial charge in [0.05, 0.1) is 11.5 Å². The molecule has 2 N–H and O–H groups in total. The molecule has 0 saturated heterocycles. The first-order chi connectivity index (χ1) is 10.0. The first kappa shape index (κ1) is 16.3. The van der Waals surface area contributed by atoms with E-state index in [4.69, 9.17) is 10.5 Å². The van der Waals surface area contributed by atoms with E-state index in [0.717, 1.165) is 19.3 Å². The summed E-state index contributed by atoms with van der Waals surface area (Å²) in [6.45, 7) is 2.99. The zero-order valence-corrected chi connectivity index (χ0v) is 13.5. The predicted octanol–water partition coefficient (Wildman–Crippen LogP) is 1.83. The highest BCUT2D eigenvalue weighted by molar-refractivity contribution is 7.89. The van der Waals surface area contributed by atoms with Gasteiger partial charge in [0, 0.05) is 13.1 Å². The van der Waals surface area contributed by atoms with Gasteiger partial charge in [-0.1, -0.05) is 6.42 Å². The zero-order chi connectivity index (χ0) is 15.5. The van der Waals surface area contributed by atoms with Crippen LogP contribution in [0.4, 0.5) is 0 Å². The molecule has 1 saturated carbocycles. The van der Waals surface area contributed by atoms with Crippen LogP contribution in [0.3, 0.4) is 0 Å². The fourth-order valence-electron chi connectivity index (χ4n) is 2.99. The Balaban J connectivity index is 2.20. The third kappa shape index (κ3) is 3.39. The summed E-state index contributed by atoms with van der Waals surface area (Å²) in [4.78, 5) is 0.302. The van der Waals surface area contributed by atoms with Gasteiger partial charge in [-0.3, -0.25) is 0 Å². The molecule has 118 valence electrons. The van der Waals surface area contributed by atoms with Crippen molar-refractivity contribution in [3.8, 4) is 5.75 Å². The maximum absolute atomic E-state index is 12.7. The lowest BCUT2D eigenvalue weighted by Crippen LogP contribution is -2.41. The van der Waals surface area contributed by atoms with E-state index in [1.807, 2.05) is 6.92 Å². The number of ether oxygens (including phenoxy) is 1. The number of sulfonamides is 1. The standard InChI is InChI=1S/C15H24N2O3S/c1-3-20-13-7-9-14(10-8-13)21(18,19)17(2)15-6-4-5-12(15)11-16/h7-10,12,15H,3-6,11,16H2,1-2H3. The summed E-state index contributed by atoms with van der Waals surface area (Å²) >= 11 is 0. The highest BCUT2D eigenvalue weighted by Crippen LogP contribution is 2.32. The minimum absolute atomic E-state index is 0.00608. The molecule has 0 spiro atoms. The topological polar surface area (TPSA) is 72.6 Å². The lowest BCUT2D eigenvalue weighted by Gasteiger charge is -2.28. The van der Waals surface area contributed by atoms with Gasteiger partial charge in [-0.05, 0) is 56.5 Å². The van der Waals surface area contributed by atoms with Gasteiger partial charge >= 0.3 is 0 Å². The molecule has 1 aromatic carbocycles. The van der Waals surface area contributed by atoms with Gasteiger partial charge in [0.1, 0.15) is 5.75 Å². The number of hydrogen-bond donors (Lipinski definition) is 1. The highest BCUT2D eigenvalue weighted by Gasteiger charge is 2.35. The molecule has 0 radical (unpaired) electrons. The van der Waals surface area contributed by atoms with Crippen molar-refractivity contribution in [2.24, 2.45) is 11.7 Å². The van der Waals surface area contributed by atoms with Crippen molar-refractivity contribution in [2.45, 2.75) is 37.1 Å². The van der Waals surface area contributed by atoms with E-state index in [2.05, 4.69) is 0 Å². The van der Waals surface area contributed by atoms with E-state index in [-0.39, 0.29) is 12.0 Å². The number of rotatable bonds is 6. The van der Waals surface area contributed by atoms with Gasteiger partial charge in [0.15, 0.2) is 0 Å². The molecule has 5 nitrogen and oxygen atoms in total. The van der Waals surface area contributed by atoms with Crippen LogP contribution < -0.4 is 10.5 Å². The molecule has 0 aromatic heterocycles. The number of nitrogens with zero attached hydrogens (tertiary/aromatic N) is 1. The molecule has 2 unspecified atom stereocenters. The number of benzene rings is 1. The van der Waals surface area contributed by atoms with E-state index in [1.54, 1.807) is 31.3 Å². The van der Waals surface area contributed by atoms with E-state index in [1.165, 1.54) is 4.31 Å². The molecule has 21 heavy (non-hydrogen) atoms. The lowest BCUT2D eigenvalue weighted by molar-refractivity contribution is 0.304. The van der Waals surface area contributed by atoms with Crippen molar-refractivity contribution < 1.29 is 13.2 Å². The molecule has 1 aromatic rings. The van der Waals surface area contributed by atoms with Crippen molar-refractivity contribution in [2.75, 3.05) is 20.2 Å². The van der Waals surface area contributed by atoms with Crippen LogP contribution in [-0.4, -0.2) is 39.0 Å². The maximum atomic E-state index is 12.7. The van der Waals surface area contributed by atoms with Gasteiger partial charge in [0.2, 0.25) is 10.0 Å². The van der Waals surface area contributed by atoms with Crippen molar-refractivity contribution in [3.63, 3.8) is 0 Å². The fourth-order valence-corrected chi connectivity index (χ4v) is 4.44. The summed E-state index contributed by atoms with van der Waals surface area (Å²) in [5.41, 5.74) is 5.76. The van der Waals surface area contributed by atoms with E-state index in [0.29, 0.717) is 23.8 Å². The van der Waals surface area contributed by atoms with Crippen LogP contribution >= 0.6 is 0 Å². The van der Waals surface area contributed by atoms with Crippen LogP contribution in [0.25, 0.3) is 0 Å². The monoisotopic (exact) mass is 312 g/mol. The van der Waals surface area contributed by atoms with Crippen LogP contribution in [0.1, 0.15) is 26.2 Å². The predicted molar refractivity (Wildman–Crippen MR) is 82.7 cm³/mol. The lowest BCUT2D eigenvalue weighted by atomic mass is 10.0. The summed E-state index contributed by atoms with van der Waals surface area (Å²) in [5.74, 6) is 0.937. The largest absolute Gasteiger partial charge is 0.494 e. The molecule has 0 heterocycles. The Labute approximate surface area is 127 Å². The normalized spacial score (nSPS) is 22.7. The average Bonchev–Trinajstić information content (AvgIpc) is 2.95. The smallest absolute Gasteiger partial charge is 0.243 e. The summed E-state index contributed by atoms with van der Waals surface area (Å²) in [5, 5.41) is 0. The molecule has 0 aliphatic heterocycles. The van der Waals surface area contributed by atoms with Crippen molar-refractivity contribution in [1.82, 2.24) is 4.31 Å². The molecule has 1 aliphatic rings. The number of nitrogens with two attached hydrogens (primary N) is 1. The minimum atomic E-state index is -3.47. The molecule has 0 amide bonds. The Morgan fingerprint density at radius 2 is 1.95 bits per heavy atom. The maximum Gasteiger partial charge on any atom is 0.243 e. The van der Waals surface area contributed by atoms with Crippen LogP contribution in [-0.2, 0) is 10.0 Å². The second-order valence-corrected chi connectivity index (χ2v) is 7.42. The van der Waals surface area contributed by atoms with Crippen LogP contribution in [0.5, 0.6) is 5.75 Å². The zero-order valence-electron chi connectivity index (χ0n) is 12.7. The highest BCUT2D eigenvalue weighted by atomic mass is 32.2. The first-order valence-corrected chi connectivity index (χ1v) is 8.85. The van der Waals surface area contributed by atoms with Crippen LogP contribution in [0.15, 0.2) is 29.2 Å². The van der Waals surface area contributed by atoms with Crippen LogP contribution in [0, 0.1) is 5.92 Å². The fraction of sp³-hybridized carbons (Fsp3) is 0.600.